The number of hydrogen-bond donors (Lipinski definition) is 0. The summed E-state index contributed by atoms with van der Waals surface area (Å²) in [4.78, 5) is 0. The van der Waals surface area contributed by atoms with Crippen LogP contribution in [0.4, 0.5) is 0 Å². The van der Waals surface area contributed by atoms with Gasteiger partial charge in [0.1, 0.15) is 0 Å². The van der Waals surface area contributed by atoms with Crippen LogP contribution in [0.15, 0.2) is 12.3 Å². The van der Waals surface area contributed by atoms with Gasteiger partial charge in [0, 0.05) is 12.7 Å². The summed E-state index contributed by atoms with van der Waals surface area (Å²) >= 11 is 0. The van der Waals surface area contributed by atoms with Gasteiger partial charge in [-0.15, -0.1) is 0 Å². The lowest BCUT2D eigenvalue weighted by atomic mass is 10.2. The Morgan fingerprint density at radius 3 is 2.71 bits per heavy atom. The molecule has 2 radical (unpaired) electrons. The number of nitrogens with zero attached hydrogens (tertiary/aromatic N) is 2. The van der Waals surface area contributed by atoms with Crippen LogP contribution in [0, 0.1) is 0 Å². The fourth-order valence-corrected chi connectivity index (χ4v) is 0.642. The van der Waals surface area contributed by atoms with E-state index in [1.54, 1.807) is 6.20 Å². The Labute approximate surface area is 43.6 Å². The van der Waals surface area contributed by atoms with Crippen molar-refractivity contribution >= 4 is 0 Å². The molecule has 1 heterocycles. The highest BCUT2D eigenvalue weighted by atomic mass is 15.4. The van der Waals surface area contributed by atoms with Gasteiger partial charge in [0.25, 0.3) is 0 Å². The first-order chi connectivity index (χ1) is 3.39. The van der Waals surface area contributed by atoms with Gasteiger partial charge in [-0.05, 0) is 18.7 Å². The molecule has 0 aromatic rings. The van der Waals surface area contributed by atoms with E-state index in [0.29, 0.717) is 0 Å². The quantitative estimate of drug-likeness (QED) is 0.433. The Hall–Kier alpha value is -0.500. The third-order valence-corrected chi connectivity index (χ3v) is 1.04. The first-order valence-electron chi connectivity index (χ1n) is 2.52. The maximum atomic E-state index is 8.66. The molecular formula is C5H8N2. The van der Waals surface area contributed by atoms with E-state index >= 15 is 0 Å². The van der Waals surface area contributed by atoms with E-state index < -0.39 is 0 Å². The molecular weight excluding hydrogens is 88.1 g/mol. The van der Waals surface area contributed by atoms with E-state index in [1.807, 2.05) is 6.08 Å². The third kappa shape index (κ3) is 1.20. The van der Waals surface area contributed by atoms with Crippen molar-refractivity contribution < 1.29 is 0 Å². The van der Waals surface area contributed by atoms with E-state index in [0.717, 1.165) is 19.4 Å². The highest BCUT2D eigenvalue weighted by Gasteiger charge is 1.96. The molecule has 1 rings (SSSR count). The van der Waals surface area contributed by atoms with Crippen molar-refractivity contribution in [1.82, 2.24) is 10.9 Å². The molecule has 2 heteroatoms. The molecule has 1 aliphatic heterocycles. The van der Waals surface area contributed by atoms with Gasteiger partial charge in [0.2, 0.25) is 0 Å². The van der Waals surface area contributed by atoms with Crippen LogP contribution in [0.2, 0.25) is 0 Å². The summed E-state index contributed by atoms with van der Waals surface area (Å²) in [6.07, 6.45) is 5.84. The van der Waals surface area contributed by atoms with Crippen LogP contribution in [0.5, 0.6) is 0 Å². The van der Waals surface area contributed by atoms with E-state index in [-0.39, 0.29) is 0 Å². The lowest BCUT2D eigenvalue weighted by molar-refractivity contribution is 0.351. The van der Waals surface area contributed by atoms with Gasteiger partial charge in [0.15, 0.2) is 0 Å². The predicted molar refractivity (Wildman–Crippen MR) is 27.2 cm³/mol. The highest BCUT2D eigenvalue weighted by Crippen LogP contribution is 2.00. The zero-order valence-electron chi connectivity index (χ0n) is 4.17. The van der Waals surface area contributed by atoms with E-state index in [9.17, 15) is 0 Å². The lowest BCUT2D eigenvalue weighted by Crippen LogP contribution is -2.17. The van der Waals surface area contributed by atoms with Crippen molar-refractivity contribution in [2.75, 3.05) is 6.54 Å². The average molecular weight is 96.1 g/mol. The minimum Gasteiger partial charge on any atom is -0.280 e. The molecule has 0 bridgehead atoms. The smallest absolute Gasteiger partial charge is 0.0372 e. The van der Waals surface area contributed by atoms with Gasteiger partial charge < -0.3 is 0 Å². The summed E-state index contributed by atoms with van der Waals surface area (Å²) in [5, 5.41) is 1.21. The SMILES string of the molecule is [N]N1C=CCCC1. The maximum Gasteiger partial charge on any atom is 0.0372 e. The second kappa shape index (κ2) is 1.98. The topological polar surface area (TPSA) is 25.5 Å². The summed E-state index contributed by atoms with van der Waals surface area (Å²) in [7, 11) is 0. The summed E-state index contributed by atoms with van der Waals surface area (Å²) in [6, 6.07) is 0. The number of hydrogen-bond acceptors (Lipinski definition) is 1. The van der Waals surface area contributed by atoms with E-state index in [2.05, 4.69) is 0 Å². The van der Waals surface area contributed by atoms with Crippen LogP contribution < -0.4 is 5.84 Å². The maximum absolute atomic E-state index is 8.66. The van der Waals surface area contributed by atoms with Gasteiger partial charge in [-0.1, -0.05) is 6.08 Å². The predicted octanol–water partition coefficient (Wildman–Crippen LogP) is 0.580. The van der Waals surface area contributed by atoms with Gasteiger partial charge in [0.05, 0.1) is 0 Å². The Bertz CT molecular complexity index is 78.1. The Balaban J connectivity index is 2.36. The molecule has 0 aromatic carbocycles. The van der Waals surface area contributed by atoms with Crippen molar-refractivity contribution in [3.8, 4) is 0 Å². The summed E-state index contributed by atoms with van der Waals surface area (Å²) < 4.78 is 0. The van der Waals surface area contributed by atoms with Gasteiger partial charge in [-0.3, -0.25) is 5.01 Å². The van der Waals surface area contributed by atoms with Crippen LogP contribution in [-0.2, 0) is 0 Å². The normalized spacial score (nSPS) is 20.4. The Morgan fingerprint density at radius 1 is 1.57 bits per heavy atom. The van der Waals surface area contributed by atoms with E-state index in [1.165, 1.54) is 5.01 Å². The lowest BCUT2D eigenvalue weighted by Gasteiger charge is -2.12. The zero-order chi connectivity index (χ0) is 5.11. The van der Waals surface area contributed by atoms with Crippen LogP contribution in [0.25, 0.3) is 0 Å². The van der Waals surface area contributed by atoms with Crippen molar-refractivity contribution in [2.24, 2.45) is 0 Å². The first-order valence-corrected chi connectivity index (χ1v) is 2.52. The average Bonchev–Trinajstić information content (AvgIpc) is 1.69. The highest BCUT2D eigenvalue weighted by molar-refractivity contribution is 4.84. The number of rotatable bonds is 0. The van der Waals surface area contributed by atoms with E-state index in [4.69, 9.17) is 5.84 Å². The van der Waals surface area contributed by atoms with Gasteiger partial charge >= 0.3 is 0 Å². The van der Waals surface area contributed by atoms with Crippen molar-refractivity contribution in [2.45, 2.75) is 12.8 Å². The Morgan fingerprint density at radius 2 is 2.43 bits per heavy atom. The molecule has 2 nitrogen and oxygen atoms in total. The molecule has 0 unspecified atom stereocenters. The summed E-state index contributed by atoms with van der Waals surface area (Å²) in [6.45, 7) is 0.788. The molecule has 0 amide bonds. The molecule has 38 valence electrons. The minimum absolute atomic E-state index is 0.788. The van der Waals surface area contributed by atoms with Crippen LogP contribution in [0.3, 0.4) is 0 Å². The molecule has 0 N–H and O–H groups in total. The molecule has 1 aliphatic rings. The fraction of sp³-hybridized carbons (Fsp3) is 0.600. The molecule has 0 aromatic heterocycles. The molecule has 0 saturated heterocycles. The van der Waals surface area contributed by atoms with Crippen molar-refractivity contribution in [3.63, 3.8) is 0 Å². The van der Waals surface area contributed by atoms with Gasteiger partial charge in [-0.2, -0.15) is 0 Å². The molecule has 0 aliphatic carbocycles. The fourth-order valence-electron chi connectivity index (χ4n) is 0.642. The third-order valence-electron chi connectivity index (χ3n) is 1.04. The van der Waals surface area contributed by atoms with Gasteiger partial charge in [-0.25, -0.2) is 0 Å². The van der Waals surface area contributed by atoms with Crippen molar-refractivity contribution in [3.05, 3.63) is 12.3 Å². The molecule has 7 heavy (non-hydrogen) atoms. The monoisotopic (exact) mass is 96.1 g/mol. The second-order valence-electron chi connectivity index (χ2n) is 1.69. The van der Waals surface area contributed by atoms with Crippen molar-refractivity contribution in [1.29, 1.82) is 0 Å². The second-order valence-corrected chi connectivity index (χ2v) is 1.69. The van der Waals surface area contributed by atoms with Crippen LogP contribution in [0.1, 0.15) is 12.8 Å². The summed E-state index contributed by atoms with van der Waals surface area (Å²) in [5.41, 5.74) is 0. The summed E-state index contributed by atoms with van der Waals surface area (Å²) in [5.74, 6) is 8.66. The molecule has 0 atom stereocenters. The zero-order valence-corrected chi connectivity index (χ0v) is 4.17. The molecule has 0 spiro atoms. The van der Waals surface area contributed by atoms with Crippen LogP contribution in [-0.4, -0.2) is 11.6 Å². The molecule has 0 saturated carbocycles. The molecule has 0 fully saturated rings. The minimum atomic E-state index is 0.788. The largest absolute Gasteiger partial charge is 0.280 e. The standard InChI is InChI=1S/C5H8N2/c6-7-4-2-1-3-5-7/h2,4H,1,3,5H2. The van der Waals surface area contributed by atoms with Crippen LogP contribution >= 0.6 is 0 Å². The number of allylic oxidation sites excluding steroid dienone is 1. The first kappa shape index (κ1) is 4.65. The Kier molecular flexibility index (Phi) is 1.32.